The van der Waals surface area contributed by atoms with Gasteiger partial charge in [0, 0.05) is 63.1 Å². The van der Waals surface area contributed by atoms with Gasteiger partial charge in [0.2, 0.25) is 0 Å². The second kappa shape index (κ2) is 9.91. The monoisotopic (exact) mass is 598 g/mol. The first-order valence-electron chi connectivity index (χ1n) is 13.8. The third kappa shape index (κ3) is 4.24. The average Bonchev–Trinajstić information content (AvgIpc) is 3.82. The van der Waals surface area contributed by atoms with Crippen LogP contribution < -0.4 is 0 Å². The SMILES string of the molecule is Cc1ccc(-c2c3nc(c(C)c4ccc([nH]4)c(-c4cccs4)c4nc(c(-c5ccc(C)s5)c5ccc2[nH]5)C=C4)C=C3)s1. The van der Waals surface area contributed by atoms with Crippen LogP contribution in [-0.2, 0) is 0 Å². The van der Waals surface area contributed by atoms with Crippen molar-refractivity contribution in [2.75, 3.05) is 0 Å². The number of rotatable bonds is 3. The molecule has 2 aliphatic heterocycles. The summed E-state index contributed by atoms with van der Waals surface area (Å²) in [6, 6.07) is 21.7. The summed E-state index contributed by atoms with van der Waals surface area (Å²) in [6.07, 6.45) is 8.59. The summed E-state index contributed by atoms with van der Waals surface area (Å²) in [4.78, 5) is 24.1. The Kier molecular flexibility index (Phi) is 6.00. The molecule has 6 aromatic rings. The molecule has 7 heteroatoms. The lowest BCUT2D eigenvalue weighted by molar-refractivity contribution is 1.27. The molecule has 0 aromatic carbocycles. The Morgan fingerprint density at radius 2 is 0.976 bits per heavy atom. The van der Waals surface area contributed by atoms with Crippen molar-refractivity contribution in [3.8, 4) is 31.3 Å². The molecular weight excluding hydrogens is 573 g/mol. The highest BCUT2D eigenvalue weighted by Crippen LogP contribution is 2.40. The number of fused-ring (bicyclic) bond motifs is 8. The van der Waals surface area contributed by atoms with Gasteiger partial charge in [0.15, 0.2) is 0 Å². The zero-order valence-electron chi connectivity index (χ0n) is 23.3. The summed E-state index contributed by atoms with van der Waals surface area (Å²) >= 11 is 5.32. The molecule has 6 aromatic heterocycles. The van der Waals surface area contributed by atoms with Crippen molar-refractivity contribution in [3.63, 3.8) is 0 Å². The van der Waals surface area contributed by atoms with E-state index in [1.165, 1.54) is 24.4 Å². The minimum absolute atomic E-state index is 0.957. The zero-order chi connectivity index (χ0) is 28.4. The van der Waals surface area contributed by atoms with Crippen LogP contribution in [0, 0.1) is 20.8 Å². The highest BCUT2D eigenvalue weighted by Gasteiger charge is 2.18. The summed E-state index contributed by atoms with van der Waals surface area (Å²) in [7, 11) is 0. The molecule has 8 bridgehead atoms. The van der Waals surface area contributed by atoms with Crippen LogP contribution in [0.5, 0.6) is 0 Å². The van der Waals surface area contributed by atoms with E-state index in [1.54, 1.807) is 34.0 Å². The second-order valence-electron chi connectivity index (χ2n) is 10.6. The maximum absolute atomic E-state index is 5.30. The molecule has 2 aliphatic rings. The Bertz CT molecular complexity index is 2230. The summed E-state index contributed by atoms with van der Waals surface area (Å²) < 4.78 is 0. The molecule has 204 valence electrons. The highest BCUT2D eigenvalue weighted by molar-refractivity contribution is 7.16. The van der Waals surface area contributed by atoms with Gasteiger partial charge in [-0.3, -0.25) is 0 Å². The topological polar surface area (TPSA) is 57.4 Å². The number of hydrogen-bond acceptors (Lipinski definition) is 5. The highest BCUT2D eigenvalue weighted by atomic mass is 32.1. The van der Waals surface area contributed by atoms with E-state index in [2.05, 4.69) is 121 Å². The van der Waals surface area contributed by atoms with Gasteiger partial charge in [-0.15, -0.1) is 34.0 Å². The predicted molar refractivity (Wildman–Crippen MR) is 183 cm³/mol. The number of nitrogens with one attached hydrogen (secondary N) is 2. The minimum Gasteiger partial charge on any atom is -0.355 e. The third-order valence-electron chi connectivity index (χ3n) is 7.76. The molecular formula is C35H26N4S3. The lowest BCUT2D eigenvalue weighted by Crippen LogP contribution is -1.87. The third-order valence-corrected chi connectivity index (χ3v) is 10.7. The van der Waals surface area contributed by atoms with Crippen molar-refractivity contribution in [3.05, 3.63) is 104 Å². The Hall–Kier alpha value is -4.30. The molecule has 0 fully saturated rings. The van der Waals surface area contributed by atoms with Gasteiger partial charge >= 0.3 is 0 Å². The lowest BCUT2D eigenvalue weighted by Gasteiger charge is -2.03. The first-order valence-corrected chi connectivity index (χ1v) is 16.3. The number of nitrogens with zero attached hydrogens (tertiary/aromatic N) is 2. The molecule has 0 radical (unpaired) electrons. The van der Waals surface area contributed by atoms with Crippen molar-refractivity contribution in [2.24, 2.45) is 0 Å². The standard InChI is InChI=1S/C35H26N4S3/c1-19-6-16-31(41-19)34-26-11-9-23(37-26)21(3)22-8-10-24(36-22)33(30-5-4-18-40-30)25-12-13-28(38-25)35(29-15-14-27(34)39-29)32-17-7-20(2)42-32/h4-18,36,39H,1-3H3. The zero-order valence-corrected chi connectivity index (χ0v) is 25.7. The molecule has 0 saturated carbocycles. The summed E-state index contributed by atoms with van der Waals surface area (Å²) in [5.74, 6) is 0. The predicted octanol–water partition coefficient (Wildman–Crippen LogP) is 10.8. The van der Waals surface area contributed by atoms with Crippen LogP contribution in [0.4, 0.5) is 0 Å². The summed E-state index contributed by atoms with van der Waals surface area (Å²) in [5.41, 5.74) is 12.5. The van der Waals surface area contributed by atoms with E-state index in [1.807, 2.05) is 0 Å². The van der Waals surface area contributed by atoms with E-state index in [-0.39, 0.29) is 0 Å². The number of thiophene rings is 3. The maximum Gasteiger partial charge on any atom is 0.0745 e. The number of aromatic nitrogens is 4. The first kappa shape index (κ1) is 25.4. The molecule has 4 nitrogen and oxygen atoms in total. The molecule has 8 rings (SSSR count). The van der Waals surface area contributed by atoms with Crippen LogP contribution in [0.2, 0.25) is 0 Å². The molecule has 42 heavy (non-hydrogen) atoms. The Morgan fingerprint density at radius 1 is 0.500 bits per heavy atom. The van der Waals surface area contributed by atoms with E-state index >= 15 is 0 Å². The van der Waals surface area contributed by atoms with Crippen LogP contribution in [-0.4, -0.2) is 19.9 Å². The number of hydrogen-bond donors (Lipinski definition) is 2. The molecule has 8 heterocycles. The van der Waals surface area contributed by atoms with Gasteiger partial charge < -0.3 is 9.97 Å². The van der Waals surface area contributed by atoms with Gasteiger partial charge in [-0.25, -0.2) is 9.97 Å². The van der Waals surface area contributed by atoms with Crippen LogP contribution in [0.3, 0.4) is 0 Å². The first-order chi connectivity index (χ1) is 20.5. The van der Waals surface area contributed by atoms with E-state index in [0.717, 1.165) is 67.1 Å². The van der Waals surface area contributed by atoms with Crippen molar-refractivity contribution >= 4 is 80.4 Å². The molecule has 0 atom stereocenters. The van der Waals surface area contributed by atoms with Gasteiger partial charge in [0.25, 0.3) is 0 Å². The lowest BCUT2D eigenvalue weighted by atomic mass is 10.1. The van der Waals surface area contributed by atoms with Crippen LogP contribution in [0.1, 0.15) is 38.1 Å². The smallest absolute Gasteiger partial charge is 0.0745 e. The molecule has 0 amide bonds. The van der Waals surface area contributed by atoms with Crippen molar-refractivity contribution in [2.45, 2.75) is 20.8 Å². The fourth-order valence-electron chi connectivity index (χ4n) is 5.68. The normalized spacial score (nSPS) is 12.5. The fraction of sp³-hybridized carbons (Fsp3) is 0.0857. The number of H-pyrrole nitrogens is 2. The van der Waals surface area contributed by atoms with E-state index in [4.69, 9.17) is 9.97 Å². The largest absolute Gasteiger partial charge is 0.355 e. The molecule has 0 saturated heterocycles. The van der Waals surface area contributed by atoms with E-state index in [0.29, 0.717) is 0 Å². The van der Waals surface area contributed by atoms with Crippen LogP contribution in [0.15, 0.2) is 66.0 Å². The van der Waals surface area contributed by atoms with E-state index < -0.39 is 0 Å². The maximum atomic E-state index is 5.30. The molecule has 0 spiro atoms. The van der Waals surface area contributed by atoms with Gasteiger partial charge in [-0.2, -0.15) is 0 Å². The molecule has 0 unspecified atom stereocenters. The quantitative estimate of drug-likeness (QED) is 0.213. The van der Waals surface area contributed by atoms with E-state index in [9.17, 15) is 0 Å². The minimum atomic E-state index is 0.957. The molecule has 2 N–H and O–H groups in total. The second-order valence-corrected chi connectivity index (χ2v) is 14.1. The Labute approximate surface area is 255 Å². The van der Waals surface area contributed by atoms with Crippen molar-refractivity contribution < 1.29 is 0 Å². The Morgan fingerprint density at radius 3 is 1.48 bits per heavy atom. The number of aryl methyl sites for hydroxylation is 3. The van der Waals surface area contributed by atoms with Crippen LogP contribution in [0.25, 0.3) is 77.7 Å². The fourth-order valence-corrected chi connectivity index (χ4v) is 8.35. The van der Waals surface area contributed by atoms with Gasteiger partial charge in [-0.1, -0.05) is 6.07 Å². The molecule has 0 aliphatic carbocycles. The Balaban J connectivity index is 1.56. The van der Waals surface area contributed by atoms with Gasteiger partial charge in [0.1, 0.15) is 0 Å². The average molecular weight is 599 g/mol. The van der Waals surface area contributed by atoms with Gasteiger partial charge in [0.05, 0.1) is 22.8 Å². The van der Waals surface area contributed by atoms with Gasteiger partial charge in [-0.05, 0) is 111 Å². The summed E-state index contributed by atoms with van der Waals surface area (Å²) in [6.45, 7) is 6.45. The van der Waals surface area contributed by atoms with Crippen LogP contribution >= 0.6 is 34.0 Å². The van der Waals surface area contributed by atoms with Crippen molar-refractivity contribution in [1.29, 1.82) is 0 Å². The number of aromatic amines is 2. The summed E-state index contributed by atoms with van der Waals surface area (Å²) in [5, 5.41) is 2.12. The van der Waals surface area contributed by atoms with Crippen molar-refractivity contribution in [1.82, 2.24) is 19.9 Å².